The van der Waals surface area contributed by atoms with Gasteiger partial charge in [-0.05, 0) is 51.5 Å². The minimum Gasteiger partial charge on any atom is -0.392 e. The van der Waals surface area contributed by atoms with Crippen molar-refractivity contribution in [3.63, 3.8) is 0 Å². The van der Waals surface area contributed by atoms with Crippen LogP contribution in [0.5, 0.6) is 0 Å². The van der Waals surface area contributed by atoms with Crippen LogP contribution in [0.25, 0.3) is 0 Å². The maximum absolute atomic E-state index is 9.92. The fourth-order valence-corrected chi connectivity index (χ4v) is 2.67. The molecule has 3 unspecified atom stereocenters. The van der Waals surface area contributed by atoms with E-state index in [4.69, 9.17) is 4.74 Å². The molecule has 3 heteroatoms. The van der Waals surface area contributed by atoms with Crippen LogP contribution in [0.4, 0.5) is 0 Å². The highest BCUT2D eigenvalue weighted by atomic mass is 16.5. The Kier molecular flexibility index (Phi) is 4.42. The summed E-state index contributed by atoms with van der Waals surface area (Å²) in [6.45, 7) is 2.02. The van der Waals surface area contributed by atoms with Crippen LogP contribution in [0, 0.1) is 0 Å². The van der Waals surface area contributed by atoms with Gasteiger partial charge in [-0.2, -0.15) is 0 Å². The van der Waals surface area contributed by atoms with E-state index in [-0.39, 0.29) is 6.10 Å². The molecule has 3 atom stereocenters. The van der Waals surface area contributed by atoms with Gasteiger partial charge in [0.2, 0.25) is 0 Å². The van der Waals surface area contributed by atoms with E-state index < -0.39 is 0 Å². The second kappa shape index (κ2) is 5.83. The fourth-order valence-electron chi connectivity index (χ4n) is 2.67. The predicted octanol–water partition coefficient (Wildman–Crippen LogP) is 1.45. The van der Waals surface area contributed by atoms with Gasteiger partial charge in [-0.25, -0.2) is 0 Å². The molecule has 0 radical (unpaired) electrons. The molecule has 0 amide bonds. The molecule has 2 aliphatic heterocycles. The van der Waals surface area contributed by atoms with Gasteiger partial charge in [0, 0.05) is 12.6 Å². The van der Waals surface area contributed by atoms with Crippen molar-refractivity contribution in [2.75, 3.05) is 13.2 Å². The molecule has 0 aromatic rings. The number of nitrogens with one attached hydrogen (secondary N) is 1. The molecule has 2 heterocycles. The lowest BCUT2D eigenvalue weighted by Gasteiger charge is -2.18. The standard InChI is InChI=1S/C12H23NO2/c14-12(11-6-2-8-13-11)7-1-4-10-5-3-9-15-10/h10-14H,1-9H2. The normalized spacial score (nSPS) is 33.4. The SMILES string of the molecule is OC(CCCC1CCCO1)C1CCCN1. The minimum atomic E-state index is -0.145. The third-order valence-electron chi connectivity index (χ3n) is 3.61. The Hall–Kier alpha value is -0.120. The average molecular weight is 213 g/mol. The second-order valence-electron chi connectivity index (χ2n) is 4.84. The van der Waals surface area contributed by atoms with Crippen molar-refractivity contribution in [2.45, 2.75) is 63.2 Å². The zero-order valence-corrected chi connectivity index (χ0v) is 9.45. The van der Waals surface area contributed by atoms with Gasteiger partial charge in [-0.1, -0.05) is 0 Å². The van der Waals surface area contributed by atoms with Crippen LogP contribution in [0.2, 0.25) is 0 Å². The van der Waals surface area contributed by atoms with Crippen LogP contribution < -0.4 is 5.32 Å². The van der Waals surface area contributed by atoms with Crippen LogP contribution in [0.15, 0.2) is 0 Å². The highest BCUT2D eigenvalue weighted by Crippen LogP contribution is 2.20. The van der Waals surface area contributed by atoms with Crippen molar-refractivity contribution < 1.29 is 9.84 Å². The zero-order valence-electron chi connectivity index (χ0n) is 9.45. The molecule has 2 saturated heterocycles. The number of hydrogen-bond acceptors (Lipinski definition) is 3. The van der Waals surface area contributed by atoms with Crippen molar-refractivity contribution in [2.24, 2.45) is 0 Å². The van der Waals surface area contributed by atoms with E-state index in [1.165, 1.54) is 19.3 Å². The number of hydrogen-bond donors (Lipinski definition) is 2. The third kappa shape index (κ3) is 3.44. The monoisotopic (exact) mass is 213 g/mol. The van der Waals surface area contributed by atoms with E-state index in [0.29, 0.717) is 12.1 Å². The molecule has 0 spiro atoms. The van der Waals surface area contributed by atoms with Gasteiger partial charge in [-0.3, -0.25) is 0 Å². The van der Waals surface area contributed by atoms with Crippen LogP contribution in [0.1, 0.15) is 44.9 Å². The molecular weight excluding hydrogens is 190 g/mol. The Balaban J connectivity index is 1.56. The lowest BCUT2D eigenvalue weighted by atomic mass is 10.0. The molecule has 0 aliphatic carbocycles. The number of rotatable bonds is 5. The molecule has 2 N–H and O–H groups in total. The molecule has 0 saturated carbocycles. The average Bonchev–Trinajstić information content (AvgIpc) is 2.90. The summed E-state index contributed by atoms with van der Waals surface area (Å²) in [5.41, 5.74) is 0. The van der Waals surface area contributed by atoms with Crippen molar-refractivity contribution in [3.05, 3.63) is 0 Å². The van der Waals surface area contributed by atoms with Gasteiger partial charge in [0.15, 0.2) is 0 Å². The first-order chi connectivity index (χ1) is 7.36. The van der Waals surface area contributed by atoms with E-state index in [1.54, 1.807) is 0 Å². The minimum absolute atomic E-state index is 0.145. The molecule has 2 rings (SSSR count). The molecule has 88 valence electrons. The Morgan fingerprint density at radius 3 is 2.93 bits per heavy atom. The first-order valence-electron chi connectivity index (χ1n) is 6.39. The Labute approximate surface area is 92.2 Å². The highest BCUT2D eigenvalue weighted by molar-refractivity contribution is 4.81. The summed E-state index contributed by atoms with van der Waals surface area (Å²) in [4.78, 5) is 0. The first kappa shape index (κ1) is 11.4. The van der Waals surface area contributed by atoms with Gasteiger partial charge in [0.05, 0.1) is 12.2 Å². The molecule has 2 fully saturated rings. The summed E-state index contributed by atoms with van der Waals surface area (Å²) in [7, 11) is 0. The summed E-state index contributed by atoms with van der Waals surface area (Å²) in [5.74, 6) is 0. The lowest BCUT2D eigenvalue weighted by Crippen LogP contribution is -2.34. The van der Waals surface area contributed by atoms with Crippen molar-refractivity contribution in [1.82, 2.24) is 5.32 Å². The van der Waals surface area contributed by atoms with E-state index in [0.717, 1.165) is 38.8 Å². The van der Waals surface area contributed by atoms with Crippen LogP contribution in [-0.2, 0) is 4.74 Å². The smallest absolute Gasteiger partial charge is 0.0693 e. The maximum Gasteiger partial charge on any atom is 0.0693 e. The van der Waals surface area contributed by atoms with Gasteiger partial charge >= 0.3 is 0 Å². The van der Waals surface area contributed by atoms with E-state index in [9.17, 15) is 5.11 Å². The molecule has 0 bridgehead atoms. The van der Waals surface area contributed by atoms with Crippen molar-refractivity contribution in [3.8, 4) is 0 Å². The maximum atomic E-state index is 9.92. The van der Waals surface area contributed by atoms with Crippen LogP contribution in [-0.4, -0.2) is 36.5 Å². The number of aliphatic hydroxyl groups excluding tert-OH is 1. The van der Waals surface area contributed by atoms with E-state index in [1.807, 2.05) is 0 Å². The van der Waals surface area contributed by atoms with Gasteiger partial charge < -0.3 is 15.2 Å². The second-order valence-corrected chi connectivity index (χ2v) is 4.84. The van der Waals surface area contributed by atoms with Crippen molar-refractivity contribution in [1.29, 1.82) is 0 Å². The molecular formula is C12H23NO2. The van der Waals surface area contributed by atoms with Gasteiger partial charge in [0.1, 0.15) is 0 Å². The Bertz CT molecular complexity index is 174. The van der Waals surface area contributed by atoms with Gasteiger partial charge in [0.25, 0.3) is 0 Å². The molecule has 2 aliphatic rings. The molecule has 0 aromatic heterocycles. The number of aliphatic hydroxyl groups is 1. The summed E-state index contributed by atoms with van der Waals surface area (Å²) < 4.78 is 5.56. The predicted molar refractivity (Wildman–Crippen MR) is 59.9 cm³/mol. The molecule has 15 heavy (non-hydrogen) atoms. The topological polar surface area (TPSA) is 41.5 Å². The number of ether oxygens (including phenoxy) is 1. The van der Waals surface area contributed by atoms with Crippen LogP contribution in [0.3, 0.4) is 0 Å². The summed E-state index contributed by atoms with van der Waals surface area (Å²) in [6, 6.07) is 0.356. The Morgan fingerprint density at radius 1 is 1.33 bits per heavy atom. The first-order valence-corrected chi connectivity index (χ1v) is 6.39. The fraction of sp³-hybridized carbons (Fsp3) is 1.00. The van der Waals surface area contributed by atoms with E-state index in [2.05, 4.69) is 5.32 Å². The van der Waals surface area contributed by atoms with Gasteiger partial charge in [-0.15, -0.1) is 0 Å². The molecule has 0 aromatic carbocycles. The highest BCUT2D eigenvalue weighted by Gasteiger charge is 2.22. The summed E-state index contributed by atoms with van der Waals surface area (Å²) in [5, 5.41) is 13.3. The van der Waals surface area contributed by atoms with E-state index >= 15 is 0 Å². The summed E-state index contributed by atoms with van der Waals surface area (Å²) >= 11 is 0. The quantitative estimate of drug-likeness (QED) is 0.726. The van der Waals surface area contributed by atoms with Crippen LogP contribution >= 0.6 is 0 Å². The summed E-state index contributed by atoms with van der Waals surface area (Å²) in [6.07, 6.45) is 8.29. The third-order valence-corrected chi connectivity index (χ3v) is 3.61. The van der Waals surface area contributed by atoms with Crippen molar-refractivity contribution >= 4 is 0 Å². The lowest BCUT2D eigenvalue weighted by molar-refractivity contribution is 0.0879. The molecule has 3 nitrogen and oxygen atoms in total. The Morgan fingerprint density at radius 2 is 2.27 bits per heavy atom. The zero-order chi connectivity index (χ0) is 10.5. The largest absolute Gasteiger partial charge is 0.392 e.